The van der Waals surface area contributed by atoms with Gasteiger partial charge < -0.3 is 19.3 Å². The summed E-state index contributed by atoms with van der Waals surface area (Å²) in [6, 6.07) is 0.317. The lowest BCUT2D eigenvalue weighted by Gasteiger charge is -2.33. The Bertz CT molecular complexity index is 1160. The predicted octanol–water partition coefficient (Wildman–Crippen LogP) is 20.3. The lowest BCUT2D eigenvalue weighted by atomic mass is 9.95. The summed E-state index contributed by atoms with van der Waals surface area (Å²) in [5.74, 6) is 1.44. The molecule has 0 aromatic rings. The predicted molar refractivity (Wildman–Crippen MR) is 318 cm³/mol. The number of carbonyl (C=O) groups is 3. The van der Waals surface area contributed by atoms with Crippen LogP contribution in [0.4, 0.5) is 0 Å². The highest BCUT2D eigenvalue weighted by atomic mass is 16.5. The third-order valence-corrected chi connectivity index (χ3v) is 15.9. The van der Waals surface area contributed by atoms with E-state index in [-0.39, 0.29) is 11.9 Å². The number of hydrogen-bond donors (Lipinski definition) is 0. The number of hydrogen-bond acceptors (Lipinski definition) is 6. The van der Waals surface area contributed by atoms with Gasteiger partial charge in [-0.2, -0.15) is 0 Å². The van der Waals surface area contributed by atoms with Crippen LogP contribution in [0.15, 0.2) is 0 Å². The molecule has 0 bridgehead atoms. The zero-order chi connectivity index (χ0) is 53.5. The lowest BCUT2D eigenvalue weighted by molar-refractivity contribution is -0.146. The van der Waals surface area contributed by atoms with Gasteiger partial charge in [-0.15, -0.1) is 0 Å². The summed E-state index contributed by atoms with van der Waals surface area (Å²) in [4.78, 5) is 44.2. The van der Waals surface area contributed by atoms with Crippen LogP contribution in [0.5, 0.6) is 0 Å². The summed E-state index contributed by atoms with van der Waals surface area (Å²) < 4.78 is 11.8. The van der Waals surface area contributed by atoms with Crippen molar-refractivity contribution in [1.29, 1.82) is 0 Å². The Morgan fingerprint density at radius 1 is 0.315 bits per heavy atom. The Hall–Kier alpha value is -1.63. The van der Waals surface area contributed by atoms with E-state index in [0.717, 1.165) is 96.6 Å². The molecule has 0 saturated carbocycles. The molecule has 434 valence electrons. The first-order chi connectivity index (χ1) is 35.7. The van der Waals surface area contributed by atoms with E-state index in [9.17, 15) is 14.4 Å². The maximum Gasteiger partial charge on any atom is 0.305 e. The van der Waals surface area contributed by atoms with Crippen LogP contribution in [-0.2, 0) is 23.9 Å². The number of unbranched alkanes of at least 4 members (excludes halogenated alkanes) is 32. The Morgan fingerprint density at radius 2 is 0.589 bits per heavy atom. The van der Waals surface area contributed by atoms with E-state index in [2.05, 4.69) is 58.5 Å². The second-order valence-electron chi connectivity index (χ2n) is 23.5. The number of ether oxygens (including phenoxy) is 2. The standard InChI is InChI=1S/C66H130N2O5/c1-8-13-18-23-31-40-50-61(48-38-22-17-12-5)59-72-65(70)55-45-36-28-26-33-42-52-63(68(58-47-57-67(6)7)64(69)54-44-35-25-20-15-10-3)53-43-34-27-29-37-46-56-66(71)73-60-62(49-39-30-21-16-11-4)51-41-32-24-19-14-9-2/h61-63H,8-60H2,1-7H3. The van der Waals surface area contributed by atoms with Crippen molar-refractivity contribution in [1.82, 2.24) is 9.80 Å². The fraction of sp³-hybridized carbons (Fsp3) is 0.955. The summed E-state index contributed by atoms with van der Waals surface area (Å²) >= 11 is 0. The highest BCUT2D eigenvalue weighted by Gasteiger charge is 2.23. The molecule has 0 saturated heterocycles. The highest BCUT2D eigenvalue weighted by Crippen LogP contribution is 2.24. The third kappa shape index (κ3) is 49.7. The summed E-state index contributed by atoms with van der Waals surface area (Å²) in [7, 11) is 4.28. The van der Waals surface area contributed by atoms with Gasteiger partial charge in [0.15, 0.2) is 0 Å². The molecule has 0 rings (SSSR count). The van der Waals surface area contributed by atoms with Crippen LogP contribution >= 0.6 is 0 Å². The second kappa shape index (κ2) is 56.6. The van der Waals surface area contributed by atoms with E-state index in [1.54, 1.807) is 0 Å². The van der Waals surface area contributed by atoms with Crippen molar-refractivity contribution < 1.29 is 23.9 Å². The van der Waals surface area contributed by atoms with Crippen LogP contribution in [-0.4, -0.2) is 74.1 Å². The average molecular weight is 1030 g/mol. The van der Waals surface area contributed by atoms with Gasteiger partial charge in [0.05, 0.1) is 13.2 Å². The Labute approximate surface area is 457 Å². The van der Waals surface area contributed by atoms with Crippen LogP contribution in [0.1, 0.15) is 349 Å². The molecular formula is C66H130N2O5. The van der Waals surface area contributed by atoms with E-state index in [1.807, 2.05) is 0 Å². The normalized spacial score (nSPS) is 12.9. The van der Waals surface area contributed by atoms with Gasteiger partial charge in [0.2, 0.25) is 5.91 Å². The molecule has 0 spiro atoms. The van der Waals surface area contributed by atoms with Crippen molar-refractivity contribution in [3.8, 4) is 0 Å². The smallest absolute Gasteiger partial charge is 0.305 e. The number of esters is 2. The zero-order valence-corrected chi connectivity index (χ0v) is 50.6. The first kappa shape index (κ1) is 71.4. The number of nitrogens with zero attached hydrogens (tertiary/aromatic N) is 2. The van der Waals surface area contributed by atoms with Crippen molar-refractivity contribution >= 4 is 17.8 Å². The maximum atomic E-state index is 14.0. The van der Waals surface area contributed by atoms with Gasteiger partial charge >= 0.3 is 11.9 Å². The molecule has 0 aromatic heterocycles. The molecule has 0 radical (unpaired) electrons. The van der Waals surface area contributed by atoms with Gasteiger partial charge in [0.25, 0.3) is 0 Å². The van der Waals surface area contributed by atoms with Crippen LogP contribution in [0, 0.1) is 11.8 Å². The van der Waals surface area contributed by atoms with Gasteiger partial charge in [0.1, 0.15) is 0 Å². The van der Waals surface area contributed by atoms with E-state index in [1.165, 1.54) is 212 Å². The van der Waals surface area contributed by atoms with E-state index < -0.39 is 0 Å². The Balaban J connectivity index is 5.04. The van der Waals surface area contributed by atoms with Crippen molar-refractivity contribution in [2.75, 3.05) is 40.4 Å². The molecule has 1 amide bonds. The first-order valence-corrected chi connectivity index (χ1v) is 33.0. The van der Waals surface area contributed by atoms with Crippen LogP contribution in [0.25, 0.3) is 0 Å². The molecule has 3 atom stereocenters. The minimum Gasteiger partial charge on any atom is -0.465 e. The molecule has 7 nitrogen and oxygen atoms in total. The molecule has 7 heteroatoms. The molecule has 3 unspecified atom stereocenters. The van der Waals surface area contributed by atoms with E-state index >= 15 is 0 Å². The summed E-state index contributed by atoms with van der Waals surface area (Å²) in [5.41, 5.74) is 0. The monoisotopic (exact) mass is 1030 g/mol. The summed E-state index contributed by atoms with van der Waals surface area (Å²) in [6.07, 6.45) is 58.0. The molecular weight excluding hydrogens is 901 g/mol. The molecule has 0 aliphatic heterocycles. The summed E-state index contributed by atoms with van der Waals surface area (Å²) in [5, 5.41) is 0. The maximum absolute atomic E-state index is 14.0. The fourth-order valence-electron chi connectivity index (χ4n) is 10.9. The van der Waals surface area contributed by atoms with Gasteiger partial charge in [-0.05, 0) is 96.7 Å². The zero-order valence-electron chi connectivity index (χ0n) is 50.6. The minimum absolute atomic E-state index is 0.00486. The SMILES string of the molecule is CCCCCCCCC(=O)N(CCCN(C)C)C(CCCCCCCCC(=O)OCC(CCCCCC)CCCCCCCC)CCCCCCCCC(=O)OCC(CCCCCCC)CCCCCCCC. The van der Waals surface area contributed by atoms with Crippen molar-refractivity contribution in [2.24, 2.45) is 11.8 Å². The molecule has 0 aliphatic carbocycles. The quantitative estimate of drug-likeness (QED) is 0.0446. The third-order valence-electron chi connectivity index (χ3n) is 15.9. The van der Waals surface area contributed by atoms with Gasteiger partial charge in [0, 0.05) is 31.8 Å². The molecule has 73 heavy (non-hydrogen) atoms. The van der Waals surface area contributed by atoms with Crippen molar-refractivity contribution in [2.45, 2.75) is 355 Å². The van der Waals surface area contributed by atoms with Gasteiger partial charge in [-0.1, -0.05) is 266 Å². The van der Waals surface area contributed by atoms with Gasteiger partial charge in [-0.3, -0.25) is 14.4 Å². The number of carbonyl (C=O) groups excluding carboxylic acids is 3. The van der Waals surface area contributed by atoms with E-state index in [4.69, 9.17) is 9.47 Å². The van der Waals surface area contributed by atoms with Crippen molar-refractivity contribution in [3.63, 3.8) is 0 Å². The molecule has 0 aromatic carbocycles. The van der Waals surface area contributed by atoms with Crippen LogP contribution in [0.3, 0.4) is 0 Å². The first-order valence-electron chi connectivity index (χ1n) is 33.0. The fourth-order valence-corrected chi connectivity index (χ4v) is 10.9. The topological polar surface area (TPSA) is 76.2 Å². The van der Waals surface area contributed by atoms with Crippen LogP contribution < -0.4 is 0 Å². The van der Waals surface area contributed by atoms with Crippen molar-refractivity contribution in [3.05, 3.63) is 0 Å². The molecule has 0 aliphatic rings. The largest absolute Gasteiger partial charge is 0.465 e. The van der Waals surface area contributed by atoms with E-state index in [0.29, 0.717) is 56.3 Å². The molecule has 0 fully saturated rings. The number of rotatable bonds is 59. The Morgan fingerprint density at radius 3 is 0.918 bits per heavy atom. The van der Waals surface area contributed by atoms with Gasteiger partial charge in [-0.25, -0.2) is 0 Å². The highest BCUT2D eigenvalue weighted by molar-refractivity contribution is 5.76. The Kier molecular flexibility index (Phi) is 55.3. The second-order valence-corrected chi connectivity index (χ2v) is 23.5. The number of amides is 1. The molecule has 0 N–H and O–H groups in total. The molecule has 0 heterocycles. The lowest BCUT2D eigenvalue weighted by Crippen LogP contribution is -2.41. The minimum atomic E-state index is 0.00486. The average Bonchev–Trinajstić information content (AvgIpc) is 3.38. The van der Waals surface area contributed by atoms with Crippen LogP contribution in [0.2, 0.25) is 0 Å². The summed E-state index contributed by atoms with van der Waals surface area (Å²) in [6.45, 7) is 14.5.